The number of nitrogens with two attached hydrogens (primary N) is 1. The maximum absolute atomic E-state index is 6.12. The van der Waals surface area contributed by atoms with Gasteiger partial charge < -0.3 is 10.6 Å². The predicted molar refractivity (Wildman–Crippen MR) is 126 cm³/mol. The Kier molecular flexibility index (Phi) is 7.54. The maximum Gasteiger partial charge on any atom is 0.184 e. The molecule has 0 radical (unpaired) electrons. The summed E-state index contributed by atoms with van der Waals surface area (Å²) in [7, 11) is 0. The van der Waals surface area contributed by atoms with Gasteiger partial charge in [0.25, 0.3) is 0 Å². The molecular formula is C19H20BrCl2N5S. The van der Waals surface area contributed by atoms with Crippen LogP contribution >= 0.6 is 51.3 Å². The number of benzene rings is 2. The van der Waals surface area contributed by atoms with E-state index in [1.807, 2.05) is 30.3 Å². The quantitative estimate of drug-likeness (QED) is 0.365. The molecule has 0 bridgehead atoms. The molecule has 2 aromatic carbocycles. The smallest absolute Gasteiger partial charge is 0.184 e. The van der Waals surface area contributed by atoms with Crippen LogP contribution in [0.3, 0.4) is 0 Å². The zero-order valence-corrected chi connectivity index (χ0v) is 19.0. The number of halogens is 3. The van der Waals surface area contributed by atoms with Crippen LogP contribution in [0.5, 0.6) is 0 Å². The number of hydrogen-bond acceptors (Lipinski definition) is 4. The van der Waals surface area contributed by atoms with E-state index in [1.54, 1.807) is 6.21 Å². The third-order valence-corrected chi connectivity index (χ3v) is 5.93. The monoisotopic (exact) mass is 499 g/mol. The second-order valence-electron chi connectivity index (χ2n) is 6.46. The Balaban J connectivity index is 1.57. The third-order valence-electron chi connectivity index (χ3n) is 4.46. The van der Waals surface area contributed by atoms with Gasteiger partial charge in [0, 0.05) is 37.2 Å². The van der Waals surface area contributed by atoms with Gasteiger partial charge in [-0.25, -0.2) is 0 Å². The molecule has 0 spiro atoms. The molecule has 0 saturated carbocycles. The summed E-state index contributed by atoms with van der Waals surface area (Å²) in [5.74, 6) is 0. The second-order valence-corrected chi connectivity index (χ2v) is 8.57. The fourth-order valence-electron chi connectivity index (χ4n) is 3.07. The zero-order valence-electron chi connectivity index (χ0n) is 15.0. The Morgan fingerprint density at radius 2 is 1.89 bits per heavy atom. The predicted octanol–water partition coefficient (Wildman–Crippen LogP) is 4.25. The van der Waals surface area contributed by atoms with Crippen LogP contribution in [-0.2, 0) is 6.54 Å². The number of thiocarbonyl (C=S) groups is 1. The van der Waals surface area contributed by atoms with Crippen LogP contribution in [-0.4, -0.2) is 42.4 Å². The SMILES string of the molecule is NC(=S)N/N=C/c1ccc(N2CCN(Cc3ccc(Cl)c(Cl)c3)CC2)c(Br)c1. The van der Waals surface area contributed by atoms with E-state index in [0.29, 0.717) is 10.0 Å². The summed E-state index contributed by atoms with van der Waals surface area (Å²) in [6.07, 6.45) is 1.68. The van der Waals surface area contributed by atoms with Crippen LogP contribution in [0.2, 0.25) is 10.0 Å². The van der Waals surface area contributed by atoms with Gasteiger partial charge in [0.2, 0.25) is 0 Å². The van der Waals surface area contributed by atoms with E-state index in [4.69, 9.17) is 41.2 Å². The van der Waals surface area contributed by atoms with E-state index in [1.165, 1.54) is 11.3 Å². The summed E-state index contributed by atoms with van der Waals surface area (Å²) in [6.45, 7) is 4.74. The summed E-state index contributed by atoms with van der Waals surface area (Å²) >= 11 is 20.5. The maximum atomic E-state index is 6.12. The fraction of sp³-hybridized carbons (Fsp3) is 0.263. The van der Waals surface area contributed by atoms with Crippen LogP contribution < -0.4 is 16.1 Å². The molecule has 28 heavy (non-hydrogen) atoms. The standard InChI is InChI=1S/C19H20BrCl2N5S/c20-15-9-13(11-24-25-19(23)28)2-4-18(15)27-7-5-26(6-8-27)12-14-1-3-16(21)17(22)10-14/h1-4,9-11H,5-8,12H2,(H3,23,25,28)/b24-11+. The first-order valence-electron chi connectivity index (χ1n) is 8.71. The second kappa shape index (κ2) is 9.89. The highest BCUT2D eigenvalue weighted by Crippen LogP contribution is 2.28. The van der Waals surface area contributed by atoms with Crippen molar-refractivity contribution in [1.82, 2.24) is 10.3 Å². The molecule has 0 aliphatic carbocycles. The average molecular weight is 501 g/mol. The fourth-order valence-corrected chi connectivity index (χ4v) is 4.09. The number of piperazine rings is 1. The lowest BCUT2D eigenvalue weighted by Gasteiger charge is -2.36. The normalized spacial score (nSPS) is 15.2. The highest BCUT2D eigenvalue weighted by Gasteiger charge is 2.19. The number of anilines is 1. The summed E-state index contributed by atoms with van der Waals surface area (Å²) < 4.78 is 1.03. The molecule has 0 amide bonds. The van der Waals surface area contributed by atoms with E-state index in [9.17, 15) is 0 Å². The van der Waals surface area contributed by atoms with E-state index < -0.39 is 0 Å². The van der Waals surface area contributed by atoms with Crippen LogP contribution in [0, 0.1) is 0 Å². The van der Waals surface area contributed by atoms with Gasteiger partial charge in [0.05, 0.1) is 21.9 Å². The highest BCUT2D eigenvalue weighted by atomic mass is 79.9. The van der Waals surface area contributed by atoms with Crippen LogP contribution in [0.4, 0.5) is 5.69 Å². The largest absolute Gasteiger partial charge is 0.375 e. The van der Waals surface area contributed by atoms with Crippen molar-refractivity contribution >= 4 is 68.4 Å². The number of hydrazone groups is 1. The van der Waals surface area contributed by atoms with Crippen molar-refractivity contribution in [3.8, 4) is 0 Å². The number of hydrogen-bond donors (Lipinski definition) is 2. The van der Waals surface area contributed by atoms with Gasteiger partial charge in [-0.15, -0.1) is 0 Å². The summed E-state index contributed by atoms with van der Waals surface area (Å²) in [5, 5.41) is 5.33. The summed E-state index contributed by atoms with van der Waals surface area (Å²) in [4.78, 5) is 4.80. The number of nitrogens with one attached hydrogen (secondary N) is 1. The lowest BCUT2D eigenvalue weighted by atomic mass is 10.1. The minimum atomic E-state index is 0.144. The molecule has 148 valence electrons. The molecular weight excluding hydrogens is 481 g/mol. The van der Waals surface area contributed by atoms with Gasteiger partial charge in [0.1, 0.15) is 0 Å². The van der Waals surface area contributed by atoms with Crippen molar-refractivity contribution < 1.29 is 0 Å². The molecule has 0 atom stereocenters. The van der Waals surface area contributed by atoms with Crippen molar-refractivity contribution in [3.63, 3.8) is 0 Å². The number of nitrogens with zero attached hydrogens (tertiary/aromatic N) is 3. The van der Waals surface area contributed by atoms with Crippen molar-refractivity contribution in [1.29, 1.82) is 0 Å². The first kappa shape index (κ1) is 21.3. The van der Waals surface area contributed by atoms with Crippen LogP contribution in [0.15, 0.2) is 46.0 Å². The van der Waals surface area contributed by atoms with Crippen molar-refractivity contribution in [2.45, 2.75) is 6.54 Å². The van der Waals surface area contributed by atoms with Gasteiger partial charge in [0.15, 0.2) is 5.11 Å². The van der Waals surface area contributed by atoms with Gasteiger partial charge in [-0.3, -0.25) is 10.3 Å². The molecule has 3 N–H and O–H groups in total. The Morgan fingerprint density at radius 1 is 1.14 bits per heavy atom. The molecule has 2 aromatic rings. The minimum absolute atomic E-state index is 0.144. The molecule has 1 aliphatic heterocycles. The molecule has 0 aromatic heterocycles. The van der Waals surface area contributed by atoms with Crippen LogP contribution in [0.25, 0.3) is 0 Å². The Hall–Kier alpha value is -1.38. The van der Waals surface area contributed by atoms with E-state index in [2.05, 4.69) is 42.3 Å². The first-order chi connectivity index (χ1) is 13.4. The molecule has 3 rings (SSSR count). The van der Waals surface area contributed by atoms with Crippen molar-refractivity contribution in [2.24, 2.45) is 10.8 Å². The zero-order chi connectivity index (χ0) is 20.1. The van der Waals surface area contributed by atoms with Gasteiger partial charge >= 0.3 is 0 Å². The first-order valence-corrected chi connectivity index (χ1v) is 10.7. The van der Waals surface area contributed by atoms with Crippen LogP contribution in [0.1, 0.15) is 11.1 Å². The molecule has 5 nitrogen and oxygen atoms in total. The Bertz CT molecular complexity index is 885. The third kappa shape index (κ3) is 5.81. The van der Waals surface area contributed by atoms with E-state index in [-0.39, 0.29) is 5.11 Å². The molecule has 1 fully saturated rings. The minimum Gasteiger partial charge on any atom is -0.375 e. The molecule has 0 unspecified atom stereocenters. The molecule has 1 saturated heterocycles. The lowest BCUT2D eigenvalue weighted by Crippen LogP contribution is -2.46. The van der Waals surface area contributed by atoms with E-state index in [0.717, 1.165) is 42.8 Å². The summed E-state index contributed by atoms with van der Waals surface area (Å²) in [6, 6.07) is 12.0. The highest BCUT2D eigenvalue weighted by molar-refractivity contribution is 9.10. The molecule has 1 heterocycles. The van der Waals surface area contributed by atoms with Gasteiger partial charge in [-0.2, -0.15) is 5.10 Å². The Labute approximate surface area is 188 Å². The number of rotatable bonds is 5. The topological polar surface area (TPSA) is 56.9 Å². The molecule has 9 heteroatoms. The van der Waals surface area contributed by atoms with E-state index >= 15 is 0 Å². The van der Waals surface area contributed by atoms with Crippen molar-refractivity contribution in [3.05, 3.63) is 62.0 Å². The average Bonchev–Trinajstić information content (AvgIpc) is 2.65. The molecule has 1 aliphatic rings. The van der Waals surface area contributed by atoms with Crippen molar-refractivity contribution in [2.75, 3.05) is 31.1 Å². The summed E-state index contributed by atoms with van der Waals surface area (Å²) in [5.41, 5.74) is 11.2. The van der Waals surface area contributed by atoms with Gasteiger partial charge in [-0.1, -0.05) is 35.3 Å². The van der Waals surface area contributed by atoms with Gasteiger partial charge in [-0.05, 0) is 63.5 Å². The Morgan fingerprint density at radius 3 is 2.54 bits per heavy atom. The lowest BCUT2D eigenvalue weighted by molar-refractivity contribution is 0.250.